The number of hydrogen-bond donors (Lipinski definition) is 1. The monoisotopic (exact) mass is 283 g/mol. The van der Waals surface area contributed by atoms with Gasteiger partial charge in [-0.2, -0.15) is 4.89 Å². The van der Waals surface area contributed by atoms with Crippen LogP contribution in [0, 0.1) is 40.8 Å². The maximum atomic E-state index is 10.3. The van der Waals surface area contributed by atoms with Crippen LogP contribution in [0.15, 0.2) is 30.3 Å². The second-order valence-electron chi connectivity index (χ2n) is 1.61. The standard InChI is InChI=1S/C6H5O2P.Nd/c7-9(8)6-4-2-1-3-5-6;/h1-5H;/p+1. The molecule has 4 heteroatoms. The summed E-state index contributed by atoms with van der Waals surface area (Å²) >= 11 is 0. The van der Waals surface area contributed by atoms with Crippen LogP contribution in [0.4, 0.5) is 0 Å². The molecule has 1 aromatic carbocycles. The van der Waals surface area contributed by atoms with Crippen LogP contribution < -0.4 is 5.30 Å². The van der Waals surface area contributed by atoms with Gasteiger partial charge < -0.3 is 0 Å². The van der Waals surface area contributed by atoms with E-state index in [2.05, 4.69) is 0 Å². The van der Waals surface area contributed by atoms with Gasteiger partial charge in [0.25, 0.3) is 0 Å². The first-order chi connectivity index (χ1) is 4.30. The molecular formula is C6H6NdO2P+. The van der Waals surface area contributed by atoms with Gasteiger partial charge in [0, 0.05) is 40.8 Å². The van der Waals surface area contributed by atoms with Gasteiger partial charge in [-0.25, -0.2) is 0 Å². The summed E-state index contributed by atoms with van der Waals surface area (Å²) < 4.78 is 10.3. The quantitative estimate of drug-likeness (QED) is 0.783. The Morgan fingerprint density at radius 1 is 1.20 bits per heavy atom. The average Bonchev–Trinajstić information content (AvgIpc) is 1.90. The fraction of sp³-hybridized carbons (Fsp3) is 0. The molecule has 2 nitrogen and oxygen atoms in total. The molecule has 1 atom stereocenters. The first kappa shape index (κ1) is 10.6. The molecule has 0 bridgehead atoms. The van der Waals surface area contributed by atoms with Crippen molar-refractivity contribution in [2.75, 3.05) is 0 Å². The van der Waals surface area contributed by atoms with Crippen LogP contribution in [0.5, 0.6) is 0 Å². The summed E-state index contributed by atoms with van der Waals surface area (Å²) in [6.45, 7) is 0. The largest absolute Gasteiger partial charge is 0.546 e. The van der Waals surface area contributed by atoms with Gasteiger partial charge in [0.2, 0.25) is 5.30 Å². The van der Waals surface area contributed by atoms with Crippen LogP contribution in [-0.4, -0.2) is 4.89 Å². The van der Waals surface area contributed by atoms with E-state index in [1.807, 2.05) is 6.07 Å². The molecule has 0 radical (unpaired) electrons. The number of rotatable bonds is 1. The Kier molecular flexibility index (Phi) is 5.64. The van der Waals surface area contributed by atoms with Crippen molar-refractivity contribution in [3.05, 3.63) is 30.3 Å². The van der Waals surface area contributed by atoms with Crippen molar-refractivity contribution in [1.82, 2.24) is 0 Å². The third kappa shape index (κ3) is 3.15. The van der Waals surface area contributed by atoms with Crippen LogP contribution in [-0.2, 0) is 4.57 Å². The number of hydrogen-bond acceptors (Lipinski definition) is 1. The van der Waals surface area contributed by atoms with Crippen LogP contribution >= 0.6 is 8.03 Å². The fourth-order valence-electron chi connectivity index (χ4n) is 0.556. The van der Waals surface area contributed by atoms with E-state index >= 15 is 0 Å². The van der Waals surface area contributed by atoms with E-state index in [-0.39, 0.29) is 40.8 Å². The van der Waals surface area contributed by atoms with E-state index in [1.54, 1.807) is 24.3 Å². The van der Waals surface area contributed by atoms with Crippen molar-refractivity contribution in [3.63, 3.8) is 0 Å². The molecule has 0 aliphatic rings. The van der Waals surface area contributed by atoms with E-state index in [0.717, 1.165) is 0 Å². The van der Waals surface area contributed by atoms with Gasteiger partial charge >= 0.3 is 8.03 Å². The Hall–Kier alpha value is 0.631. The van der Waals surface area contributed by atoms with Gasteiger partial charge in [-0.1, -0.05) is 18.2 Å². The zero-order valence-corrected chi connectivity index (χ0v) is 9.29. The van der Waals surface area contributed by atoms with Crippen molar-refractivity contribution in [2.24, 2.45) is 0 Å². The molecular weight excluding hydrogens is 279 g/mol. The van der Waals surface area contributed by atoms with Gasteiger partial charge in [-0.15, -0.1) is 0 Å². The summed E-state index contributed by atoms with van der Waals surface area (Å²) in [5.74, 6) is 0. The zero-order valence-electron chi connectivity index (χ0n) is 5.19. The van der Waals surface area contributed by atoms with Gasteiger partial charge in [-0.3, -0.25) is 0 Å². The summed E-state index contributed by atoms with van der Waals surface area (Å²) in [7, 11) is -2.15. The normalized spacial score (nSPS) is 9.90. The van der Waals surface area contributed by atoms with Gasteiger partial charge in [0.1, 0.15) is 0 Å². The molecule has 0 heterocycles. The maximum absolute atomic E-state index is 10.3. The Labute approximate surface area is 93.0 Å². The molecule has 1 aromatic rings. The molecule has 0 saturated carbocycles. The van der Waals surface area contributed by atoms with Gasteiger partial charge in [0.05, 0.1) is 0 Å². The van der Waals surface area contributed by atoms with Crippen LogP contribution in [0.25, 0.3) is 0 Å². The van der Waals surface area contributed by atoms with Crippen molar-refractivity contribution in [2.45, 2.75) is 0 Å². The third-order valence-corrected chi connectivity index (χ3v) is 1.72. The van der Waals surface area contributed by atoms with Crippen molar-refractivity contribution >= 4 is 13.3 Å². The minimum Gasteiger partial charge on any atom is -0.156 e. The van der Waals surface area contributed by atoms with Gasteiger partial charge in [-0.05, 0) is 16.7 Å². The Morgan fingerprint density at radius 2 is 1.70 bits per heavy atom. The summed E-state index contributed by atoms with van der Waals surface area (Å²) in [5.41, 5.74) is 0. The average molecular weight is 285 g/mol. The molecule has 0 spiro atoms. The van der Waals surface area contributed by atoms with E-state index in [0.29, 0.717) is 5.30 Å². The summed E-state index contributed by atoms with van der Waals surface area (Å²) in [4.78, 5) is 8.53. The zero-order chi connectivity index (χ0) is 6.69. The topological polar surface area (TPSA) is 37.3 Å². The first-order valence-corrected chi connectivity index (χ1v) is 3.73. The van der Waals surface area contributed by atoms with Crippen molar-refractivity contribution < 1.29 is 50.3 Å². The summed E-state index contributed by atoms with van der Waals surface area (Å²) in [6, 6.07) is 8.53. The van der Waals surface area contributed by atoms with E-state index in [4.69, 9.17) is 4.89 Å². The molecule has 0 aliphatic carbocycles. The van der Waals surface area contributed by atoms with Crippen molar-refractivity contribution in [3.8, 4) is 0 Å². The first-order valence-electron chi connectivity index (χ1n) is 2.52. The van der Waals surface area contributed by atoms with E-state index < -0.39 is 8.03 Å². The molecule has 1 unspecified atom stereocenters. The molecule has 10 heavy (non-hydrogen) atoms. The Morgan fingerprint density at radius 3 is 2.00 bits per heavy atom. The SMILES string of the molecule is O=[P+](O)c1ccccc1.[Nd]. The smallest absolute Gasteiger partial charge is 0.156 e. The molecule has 0 fully saturated rings. The van der Waals surface area contributed by atoms with E-state index in [1.165, 1.54) is 0 Å². The summed E-state index contributed by atoms with van der Waals surface area (Å²) in [6.07, 6.45) is 0. The fourth-order valence-corrected chi connectivity index (χ4v) is 0.983. The second-order valence-corrected chi connectivity index (χ2v) is 2.67. The minimum absolute atomic E-state index is 0. The molecule has 1 N–H and O–H groups in total. The molecule has 50 valence electrons. The summed E-state index contributed by atoms with van der Waals surface area (Å²) in [5, 5.41) is 0.479. The molecule has 0 amide bonds. The second kappa shape index (κ2) is 5.30. The predicted octanol–water partition coefficient (Wildman–Crippen LogP) is 1.05. The van der Waals surface area contributed by atoms with Crippen molar-refractivity contribution in [1.29, 1.82) is 0 Å². The van der Waals surface area contributed by atoms with Crippen LogP contribution in [0.3, 0.4) is 0 Å². The van der Waals surface area contributed by atoms with E-state index in [9.17, 15) is 4.57 Å². The number of benzene rings is 1. The third-order valence-electron chi connectivity index (χ3n) is 0.977. The molecule has 1 rings (SSSR count). The van der Waals surface area contributed by atoms with Crippen LogP contribution in [0.2, 0.25) is 0 Å². The molecule has 0 aliphatic heterocycles. The predicted molar refractivity (Wildman–Crippen MR) is 35.9 cm³/mol. The molecule has 0 aromatic heterocycles. The van der Waals surface area contributed by atoms with Gasteiger partial charge in [0.15, 0.2) is 0 Å². The maximum Gasteiger partial charge on any atom is 0.546 e. The van der Waals surface area contributed by atoms with Crippen LogP contribution in [0.1, 0.15) is 0 Å². The molecule has 0 saturated heterocycles. The minimum atomic E-state index is -2.15. The Balaban J connectivity index is 0.000000810. The Bertz CT molecular complexity index is 212.